The fourth-order valence-electron chi connectivity index (χ4n) is 2.18. The number of hydrogen-bond acceptors (Lipinski definition) is 1. The fourth-order valence-corrected chi connectivity index (χ4v) is 2.18. The van der Waals surface area contributed by atoms with E-state index in [0.29, 0.717) is 6.42 Å². The first kappa shape index (κ1) is 13.7. The Balaban J connectivity index is 2.21. The minimum absolute atomic E-state index is 0.0253. The molecule has 0 aromatic heterocycles. The first-order chi connectivity index (χ1) is 9.10. The van der Waals surface area contributed by atoms with Gasteiger partial charge < -0.3 is 5.11 Å². The Hall–Kier alpha value is -1.74. The maximum absolute atomic E-state index is 13.0. The average Bonchev–Trinajstić information content (AvgIpc) is 2.39. The van der Waals surface area contributed by atoms with E-state index in [1.54, 1.807) is 18.2 Å². The molecule has 2 rings (SSSR count). The summed E-state index contributed by atoms with van der Waals surface area (Å²) in [5.74, 6) is -0.660. The number of hydrogen-bond donors (Lipinski definition) is 1. The van der Waals surface area contributed by atoms with Crippen molar-refractivity contribution in [2.45, 2.75) is 19.3 Å². The Bertz CT molecular complexity index is 549. The van der Waals surface area contributed by atoms with Crippen molar-refractivity contribution in [1.82, 2.24) is 0 Å². The summed E-state index contributed by atoms with van der Waals surface area (Å²) < 4.78 is 25.9. The van der Waals surface area contributed by atoms with E-state index in [0.717, 1.165) is 16.7 Å². The lowest BCUT2D eigenvalue weighted by Crippen LogP contribution is -2.09. The standard InChI is InChI=1S/C16H16F2O/c1-11-8-16(18)7-4-13(11)9-14(10-19)12-2-5-15(17)6-3-12/h2-8,14,19H,9-10H2,1H3. The SMILES string of the molecule is Cc1cc(F)ccc1CC(CO)c1ccc(F)cc1. The maximum atomic E-state index is 13.0. The summed E-state index contributed by atoms with van der Waals surface area (Å²) in [6, 6.07) is 10.8. The molecule has 1 N–H and O–H groups in total. The van der Waals surface area contributed by atoms with Gasteiger partial charge in [-0.05, 0) is 54.3 Å². The van der Waals surface area contributed by atoms with Crippen LogP contribution in [0.3, 0.4) is 0 Å². The lowest BCUT2D eigenvalue weighted by molar-refractivity contribution is 0.264. The third-order valence-corrected chi connectivity index (χ3v) is 3.33. The smallest absolute Gasteiger partial charge is 0.123 e. The van der Waals surface area contributed by atoms with E-state index in [9.17, 15) is 13.9 Å². The van der Waals surface area contributed by atoms with Gasteiger partial charge in [0.05, 0.1) is 6.61 Å². The molecular weight excluding hydrogens is 246 g/mol. The van der Waals surface area contributed by atoms with Crippen LogP contribution in [0.2, 0.25) is 0 Å². The number of rotatable bonds is 4. The molecule has 3 heteroatoms. The number of halogens is 2. The molecule has 0 amide bonds. The molecule has 0 radical (unpaired) electrons. The largest absolute Gasteiger partial charge is 0.396 e. The Morgan fingerprint density at radius 2 is 1.63 bits per heavy atom. The summed E-state index contributed by atoms with van der Waals surface area (Å²) >= 11 is 0. The molecule has 0 aliphatic rings. The van der Waals surface area contributed by atoms with E-state index in [1.165, 1.54) is 24.3 Å². The predicted molar refractivity (Wildman–Crippen MR) is 71.1 cm³/mol. The molecule has 1 unspecified atom stereocenters. The van der Waals surface area contributed by atoms with Crippen LogP contribution in [-0.4, -0.2) is 11.7 Å². The Morgan fingerprint density at radius 1 is 1.00 bits per heavy atom. The van der Waals surface area contributed by atoms with Crippen LogP contribution in [0.25, 0.3) is 0 Å². The normalized spacial score (nSPS) is 12.4. The highest BCUT2D eigenvalue weighted by Crippen LogP contribution is 2.23. The zero-order valence-electron chi connectivity index (χ0n) is 10.7. The molecule has 100 valence electrons. The molecule has 1 atom stereocenters. The second-order valence-electron chi connectivity index (χ2n) is 4.71. The maximum Gasteiger partial charge on any atom is 0.123 e. The first-order valence-corrected chi connectivity index (χ1v) is 6.21. The summed E-state index contributed by atoms with van der Waals surface area (Å²) in [6.45, 7) is 1.82. The number of aliphatic hydroxyl groups excluding tert-OH is 1. The first-order valence-electron chi connectivity index (χ1n) is 6.21. The zero-order chi connectivity index (χ0) is 13.8. The molecule has 0 saturated heterocycles. The number of aryl methyl sites for hydroxylation is 1. The van der Waals surface area contributed by atoms with Gasteiger partial charge in [-0.15, -0.1) is 0 Å². The summed E-state index contributed by atoms with van der Waals surface area (Å²) in [5, 5.41) is 9.49. The van der Waals surface area contributed by atoms with Crippen LogP contribution in [0.1, 0.15) is 22.6 Å². The van der Waals surface area contributed by atoms with Crippen molar-refractivity contribution in [2.24, 2.45) is 0 Å². The van der Waals surface area contributed by atoms with Crippen molar-refractivity contribution in [3.05, 3.63) is 70.8 Å². The predicted octanol–water partition coefficient (Wildman–Crippen LogP) is 3.59. The molecule has 0 bridgehead atoms. The zero-order valence-corrected chi connectivity index (χ0v) is 10.7. The van der Waals surface area contributed by atoms with Gasteiger partial charge in [0.1, 0.15) is 11.6 Å². The van der Waals surface area contributed by atoms with Gasteiger partial charge in [-0.2, -0.15) is 0 Å². The molecular formula is C16H16F2O. The van der Waals surface area contributed by atoms with Crippen molar-refractivity contribution in [3.8, 4) is 0 Å². The van der Waals surface area contributed by atoms with E-state index < -0.39 is 0 Å². The summed E-state index contributed by atoms with van der Waals surface area (Å²) in [7, 11) is 0. The highest BCUT2D eigenvalue weighted by Gasteiger charge is 2.13. The van der Waals surface area contributed by atoms with Crippen LogP contribution in [0.4, 0.5) is 8.78 Å². The second kappa shape index (κ2) is 5.93. The van der Waals surface area contributed by atoms with Gasteiger partial charge in [0, 0.05) is 5.92 Å². The second-order valence-corrected chi connectivity index (χ2v) is 4.71. The van der Waals surface area contributed by atoms with Gasteiger partial charge in [-0.3, -0.25) is 0 Å². The highest BCUT2D eigenvalue weighted by atomic mass is 19.1. The van der Waals surface area contributed by atoms with E-state index in [2.05, 4.69) is 0 Å². The lowest BCUT2D eigenvalue weighted by atomic mass is 9.91. The molecule has 0 spiro atoms. The molecule has 2 aromatic rings. The molecule has 1 nitrogen and oxygen atoms in total. The Kier molecular flexibility index (Phi) is 4.27. The summed E-state index contributed by atoms with van der Waals surface area (Å²) in [5.41, 5.74) is 2.73. The third kappa shape index (κ3) is 3.38. The molecule has 0 aliphatic carbocycles. The van der Waals surface area contributed by atoms with Crippen molar-refractivity contribution in [2.75, 3.05) is 6.61 Å². The molecule has 19 heavy (non-hydrogen) atoms. The molecule has 0 saturated carbocycles. The molecule has 0 heterocycles. The minimum atomic E-state index is -0.293. The quantitative estimate of drug-likeness (QED) is 0.892. The van der Waals surface area contributed by atoms with Crippen LogP contribution in [0, 0.1) is 18.6 Å². The van der Waals surface area contributed by atoms with Crippen molar-refractivity contribution in [3.63, 3.8) is 0 Å². The number of benzene rings is 2. The van der Waals surface area contributed by atoms with Crippen molar-refractivity contribution in [1.29, 1.82) is 0 Å². The summed E-state index contributed by atoms with van der Waals surface area (Å²) in [4.78, 5) is 0. The van der Waals surface area contributed by atoms with Crippen LogP contribution in [0.5, 0.6) is 0 Å². The third-order valence-electron chi connectivity index (χ3n) is 3.33. The van der Waals surface area contributed by atoms with Crippen molar-refractivity contribution >= 4 is 0 Å². The van der Waals surface area contributed by atoms with Gasteiger partial charge >= 0.3 is 0 Å². The highest BCUT2D eigenvalue weighted by molar-refractivity contribution is 5.30. The van der Waals surface area contributed by atoms with Gasteiger partial charge in [0.25, 0.3) is 0 Å². The molecule has 2 aromatic carbocycles. The van der Waals surface area contributed by atoms with Crippen LogP contribution in [-0.2, 0) is 6.42 Å². The van der Waals surface area contributed by atoms with Gasteiger partial charge in [0.15, 0.2) is 0 Å². The van der Waals surface area contributed by atoms with Gasteiger partial charge in [0.2, 0.25) is 0 Å². The van der Waals surface area contributed by atoms with Crippen LogP contribution in [0.15, 0.2) is 42.5 Å². The van der Waals surface area contributed by atoms with E-state index in [1.807, 2.05) is 6.92 Å². The Morgan fingerprint density at radius 3 is 2.21 bits per heavy atom. The molecule has 0 fully saturated rings. The summed E-state index contributed by atoms with van der Waals surface area (Å²) in [6.07, 6.45) is 0.605. The topological polar surface area (TPSA) is 20.2 Å². The van der Waals surface area contributed by atoms with Crippen LogP contribution < -0.4 is 0 Å². The van der Waals surface area contributed by atoms with E-state index in [4.69, 9.17) is 0 Å². The van der Waals surface area contributed by atoms with Gasteiger partial charge in [-0.1, -0.05) is 18.2 Å². The van der Waals surface area contributed by atoms with Crippen molar-refractivity contribution < 1.29 is 13.9 Å². The van der Waals surface area contributed by atoms with Crippen LogP contribution >= 0.6 is 0 Å². The minimum Gasteiger partial charge on any atom is -0.396 e. The Labute approximate surface area is 111 Å². The van der Waals surface area contributed by atoms with E-state index >= 15 is 0 Å². The lowest BCUT2D eigenvalue weighted by Gasteiger charge is -2.16. The monoisotopic (exact) mass is 262 g/mol. The van der Waals surface area contributed by atoms with Gasteiger partial charge in [-0.25, -0.2) is 8.78 Å². The number of aliphatic hydroxyl groups is 1. The fraction of sp³-hybridized carbons (Fsp3) is 0.250. The van der Waals surface area contributed by atoms with E-state index in [-0.39, 0.29) is 24.2 Å². The molecule has 0 aliphatic heterocycles. The average molecular weight is 262 g/mol.